The van der Waals surface area contributed by atoms with E-state index in [2.05, 4.69) is 26.1 Å². The Morgan fingerprint density at radius 1 is 1.47 bits per heavy atom. The highest BCUT2D eigenvalue weighted by atomic mass is 16.3. The van der Waals surface area contributed by atoms with Crippen LogP contribution >= 0.6 is 0 Å². The summed E-state index contributed by atoms with van der Waals surface area (Å²) in [6.07, 6.45) is 1.13. The van der Waals surface area contributed by atoms with Crippen LogP contribution in [0.4, 0.5) is 0 Å². The van der Waals surface area contributed by atoms with Gasteiger partial charge < -0.3 is 16.2 Å². The third kappa shape index (κ3) is 8.39. The predicted molar refractivity (Wildman–Crippen MR) is 61.4 cm³/mol. The van der Waals surface area contributed by atoms with E-state index in [0.29, 0.717) is 6.42 Å². The molecule has 15 heavy (non-hydrogen) atoms. The van der Waals surface area contributed by atoms with Crippen LogP contribution in [0.5, 0.6) is 0 Å². The fourth-order valence-electron chi connectivity index (χ4n) is 1.48. The Labute approximate surface area is 92.2 Å². The Balaban J connectivity index is 3.87. The van der Waals surface area contributed by atoms with Crippen LogP contribution in [0.1, 0.15) is 40.5 Å². The van der Waals surface area contributed by atoms with Crippen LogP contribution < -0.4 is 11.1 Å². The summed E-state index contributed by atoms with van der Waals surface area (Å²) in [7, 11) is 0. The molecular weight excluding hydrogens is 192 g/mol. The van der Waals surface area contributed by atoms with E-state index in [1.54, 1.807) is 6.92 Å². The minimum absolute atomic E-state index is 0.0414. The average Bonchev–Trinajstić information content (AvgIpc) is 1.99. The first-order valence-corrected chi connectivity index (χ1v) is 5.40. The van der Waals surface area contributed by atoms with Crippen LogP contribution in [0, 0.1) is 5.41 Å². The number of hydrogen-bond donors (Lipinski definition) is 3. The van der Waals surface area contributed by atoms with Gasteiger partial charge in [0.05, 0.1) is 6.61 Å². The summed E-state index contributed by atoms with van der Waals surface area (Å²) in [5.74, 6) is -0.0895. The van der Waals surface area contributed by atoms with Crippen molar-refractivity contribution in [1.29, 1.82) is 0 Å². The predicted octanol–water partition coefficient (Wildman–Crippen LogP) is 0.637. The molecule has 1 amide bonds. The Hall–Kier alpha value is -0.610. The molecule has 0 radical (unpaired) electrons. The smallest absolute Gasteiger partial charge is 0.221 e. The van der Waals surface area contributed by atoms with Crippen molar-refractivity contribution in [2.75, 3.05) is 6.61 Å². The van der Waals surface area contributed by atoms with E-state index in [9.17, 15) is 4.79 Å². The first-order chi connectivity index (χ1) is 6.74. The molecule has 0 spiro atoms. The number of aliphatic hydroxyl groups excluding tert-OH is 1. The van der Waals surface area contributed by atoms with Gasteiger partial charge in [0.2, 0.25) is 5.91 Å². The summed E-state index contributed by atoms with van der Waals surface area (Å²) in [4.78, 5) is 11.4. The molecule has 0 aromatic heterocycles. The number of rotatable bonds is 5. The standard InChI is InChI=1S/C11H24N2O2/c1-8(7-14)13-10(15)5-9(12)6-11(2,3)4/h8-9,14H,5-7,12H2,1-4H3,(H,13,15)/t8-,9?/m1/s1. The second-order valence-electron chi connectivity index (χ2n) is 5.38. The van der Waals surface area contributed by atoms with Gasteiger partial charge in [0.25, 0.3) is 0 Å². The zero-order chi connectivity index (χ0) is 12.1. The minimum Gasteiger partial charge on any atom is -0.394 e. The normalized spacial score (nSPS) is 15.9. The lowest BCUT2D eigenvalue weighted by atomic mass is 9.87. The van der Waals surface area contributed by atoms with Gasteiger partial charge in [-0.3, -0.25) is 4.79 Å². The first kappa shape index (κ1) is 14.4. The van der Waals surface area contributed by atoms with Crippen LogP contribution in [0.2, 0.25) is 0 Å². The molecule has 0 saturated carbocycles. The van der Waals surface area contributed by atoms with Crippen molar-refractivity contribution < 1.29 is 9.90 Å². The monoisotopic (exact) mass is 216 g/mol. The highest BCUT2D eigenvalue weighted by Gasteiger charge is 2.18. The highest BCUT2D eigenvalue weighted by Crippen LogP contribution is 2.20. The zero-order valence-corrected chi connectivity index (χ0v) is 10.2. The van der Waals surface area contributed by atoms with Crippen LogP contribution in [0.15, 0.2) is 0 Å². The Kier molecular flexibility index (Phi) is 5.83. The van der Waals surface area contributed by atoms with Gasteiger partial charge in [-0.15, -0.1) is 0 Å². The maximum Gasteiger partial charge on any atom is 0.221 e. The van der Waals surface area contributed by atoms with Crippen LogP contribution in [-0.2, 0) is 4.79 Å². The second-order valence-corrected chi connectivity index (χ2v) is 5.38. The van der Waals surface area contributed by atoms with E-state index in [-0.39, 0.29) is 30.0 Å². The van der Waals surface area contributed by atoms with E-state index >= 15 is 0 Å². The molecule has 0 aliphatic rings. The van der Waals surface area contributed by atoms with Crippen molar-refractivity contribution in [2.24, 2.45) is 11.1 Å². The van der Waals surface area contributed by atoms with Crippen LogP contribution in [-0.4, -0.2) is 29.7 Å². The number of nitrogens with two attached hydrogens (primary N) is 1. The molecule has 4 N–H and O–H groups in total. The zero-order valence-electron chi connectivity index (χ0n) is 10.2. The van der Waals surface area contributed by atoms with Gasteiger partial charge in [-0.25, -0.2) is 0 Å². The molecule has 0 aromatic carbocycles. The van der Waals surface area contributed by atoms with Gasteiger partial charge in [0, 0.05) is 18.5 Å². The van der Waals surface area contributed by atoms with Gasteiger partial charge in [-0.2, -0.15) is 0 Å². The van der Waals surface area contributed by atoms with E-state index in [4.69, 9.17) is 10.8 Å². The molecule has 0 bridgehead atoms. The number of aliphatic hydroxyl groups is 1. The molecule has 0 rings (SSSR count). The van der Waals surface area contributed by atoms with Crippen molar-refractivity contribution in [3.05, 3.63) is 0 Å². The Bertz CT molecular complexity index is 199. The molecule has 4 heteroatoms. The Morgan fingerprint density at radius 2 is 2.00 bits per heavy atom. The highest BCUT2D eigenvalue weighted by molar-refractivity contribution is 5.76. The summed E-state index contributed by atoms with van der Waals surface area (Å²) < 4.78 is 0. The van der Waals surface area contributed by atoms with Crippen molar-refractivity contribution in [2.45, 2.75) is 52.6 Å². The summed E-state index contributed by atoms with van der Waals surface area (Å²) in [5.41, 5.74) is 6.00. The van der Waals surface area contributed by atoms with Crippen molar-refractivity contribution in [3.63, 3.8) is 0 Å². The van der Waals surface area contributed by atoms with E-state index < -0.39 is 0 Å². The lowest BCUT2D eigenvalue weighted by Crippen LogP contribution is -2.39. The maximum atomic E-state index is 11.4. The molecule has 0 aliphatic heterocycles. The number of hydrogen-bond acceptors (Lipinski definition) is 3. The fourth-order valence-corrected chi connectivity index (χ4v) is 1.48. The molecule has 2 atom stereocenters. The first-order valence-electron chi connectivity index (χ1n) is 5.40. The topological polar surface area (TPSA) is 75.3 Å². The average molecular weight is 216 g/mol. The molecular formula is C11H24N2O2. The number of amides is 1. The largest absolute Gasteiger partial charge is 0.394 e. The number of carbonyl (C=O) groups is 1. The van der Waals surface area contributed by atoms with Crippen molar-refractivity contribution in [1.82, 2.24) is 5.32 Å². The van der Waals surface area contributed by atoms with E-state index in [1.807, 2.05) is 0 Å². The SMILES string of the molecule is C[C@H](CO)NC(=O)CC(N)CC(C)(C)C. The molecule has 0 saturated heterocycles. The summed E-state index contributed by atoms with van der Waals surface area (Å²) in [6.45, 7) is 8.01. The van der Waals surface area contributed by atoms with E-state index in [0.717, 1.165) is 6.42 Å². The molecule has 1 unspecified atom stereocenters. The number of carbonyl (C=O) groups excluding carboxylic acids is 1. The maximum absolute atomic E-state index is 11.4. The lowest BCUT2D eigenvalue weighted by molar-refractivity contribution is -0.122. The molecule has 0 heterocycles. The fraction of sp³-hybridized carbons (Fsp3) is 0.909. The summed E-state index contributed by atoms with van der Waals surface area (Å²) in [5, 5.41) is 11.4. The number of nitrogens with one attached hydrogen (secondary N) is 1. The lowest BCUT2D eigenvalue weighted by Gasteiger charge is -2.23. The van der Waals surface area contributed by atoms with Gasteiger partial charge in [0.1, 0.15) is 0 Å². The summed E-state index contributed by atoms with van der Waals surface area (Å²) >= 11 is 0. The van der Waals surface area contributed by atoms with Gasteiger partial charge >= 0.3 is 0 Å². The Morgan fingerprint density at radius 3 is 2.40 bits per heavy atom. The van der Waals surface area contributed by atoms with Crippen LogP contribution in [0.3, 0.4) is 0 Å². The quantitative estimate of drug-likeness (QED) is 0.631. The molecule has 0 aromatic rings. The van der Waals surface area contributed by atoms with Crippen LogP contribution in [0.25, 0.3) is 0 Å². The molecule has 0 fully saturated rings. The molecule has 90 valence electrons. The van der Waals surface area contributed by atoms with Gasteiger partial charge in [0.15, 0.2) is 0 Å². The third-order valence-electron chi connectivity index (χ3n) is 2.00. The van der Waals surface area contributed by atoms with Gasteiger partial charge in [-0.05, 0) is 18.8 Å². The van der Waals surface area contributed by atoms with Gasteiger partial charge in [-0.1, -0.05) is 20.8 Å². The van der Waals surface area contributed by atoms with E-state index in [1.165, 1.54) is 0 Å². The summed E-state index contributed by atoms with van der Waals surface area (Å²) in [6, 6.07) is -0.310. The third-order valence-corrected chi connectivity index (χ3v) is 2.00. The minimum atomic E-state index is -0.195. The second kappa shape index (κ2) is 6.08. The van der Waals surface area contributed by atoms with Crippen molar-refractivity contribution >= 4 is 5.91 Å². The molecule has 0 aliphatic carbocycles. The van der Waals surface area contributed by atoms with Crippen molar-refractivity contribution in [3.8, 4) is 0 Å². The molecule has 4 nitrogen and oxygen atoms in total.